The number of hydrogen-bond donors (Lipinski definition) is 2. The fraction of sp³-hybridized carbons (Fsp3) is 0.583. The average Bonchev–Trinajstić information content (AvgIpc) is 2.92. The highest BCUT2D eigenvalue weighted by Crippen LogP contribution is 2.35. The van der Waals surface area contributed by atoms with Gasteiger partial charge in [-0.25, -0.2) is 9.97 Å². The summed E-state index contributed by atoms with van der Waals surface area (Å²) < 4.78 is 8.45. The summed E-state index contributed by atoms with van der Waals surface area (Å²) in [6.45, 7) is 4.36. The molecule has 0 spiro atoms. The highest BCUT2D eigenvalue weighted by molar-refractivity contribution is 7.71. The summed E-state index contributed by atoms with van der Waals surface area (Å²) in [6.07, 6.45) is 4.01. The van der Waals surface area contributed by atoms with Crippen LogP contribution in [0.1, 0.15) is 32.9 Å². The molecule has 0 amide bonds. The molecule has 1 aliphatic heterocycles. The van der Waals surface area contributed by atoms with Crippen LogP contribution in [0.15, 0.2) is 6.33 Å². The van der Waals surface area contributed by atoms with E-state index in [9.17, 15) is 0 Å². The number of nitrogen functional groups attached to an aromatic ring is 1. The molecule has 102 valence electrons. The van der Waals surface area contributed by atoms with Crippen molar-refractivity contribution < 1.29 is 4.74 Å². The summed E-state index contributed by atoms with van der Waals surface area (Å²) in [5, 5.41) is 0. The number of hydrogen-bond acceptors (Lipinski definition) is 5. The molecule has 2 aromatic rings. The van der Waals surface area contributed by atoms with Crippen LogP contribution in [0.3, 0.4) is 0 Å². The third-order valence-electron chi connectivity index (χ3n) is 3.72. The summed E-state index contributed by atoms with van der Waals surface area (Å²) in [7, 11) is 0. The molecule has 0 aromatic carbocycles. The Balaban J connectivity index is 2.05. The summed E-state index contributed by atoms with van der Waals surface area (Å²) in [5.41, 5.74) is 7.17. The number of ether oxygens (including phenoxy) is 1. The first kappa shape index (κ1) is 12.6. The zero-order valence-electron chi connectivity index (χ0n) is 11.0. The molecule has 0 bridgehead atoms. The zero-order valence-corrected chi connectivity index (χ0v) is 11.8. The van der Waals surface area contributed by atoms with Gasteiger partial charge >= 0.3 is 0 Å². The first-order valence-electron chi connectivity index (χ1n) is 6.48. The highest BCUT2D eigenvalue weighted by Gasteiger charge is 2.32. The van der Waals surface area contributed by atoms with Crippen molar-refractivity contribution in [2.75, 3.05) is 5.73 Å². The van der Waals surface area contributed by atoms with Gasteiger partial charge in [-0.15, -0.1) is 0 Å². The molecule has 3 atom stereocenters. The molecule has 6 nitrogen and oxygen atoms in total. The lowest BCUT2D eigenvalue weighted by atomic mass is 10.0. The van der Waals surface area contributed by atoms with Crippen molar-refractivity contribution in [1.29, 1.82) is 0 Å². The van der Waals surface area contributed by atoms with Crippen LogP contribution in [0.25, 0.3) is 11.2 Å². The van der Waals surface area contributed by atoms with Gasteiger partial charge in [-0.05, 0) is 18.8 Å². The number of nitrogens with two attached hydrogens (primary N) is 1. The lowest BCUT2D eigenvalue weighted by Gasteiger charge is -2.14. The van der Waals surface area contributed by atoms with Crippen LogP contribution < -0.4 is 5.73 Å². The van der Waals surface area contributed by atoms with Crippen molar-refractivity contribution in [1.82, 2.24) is 19.5 Å². The van der Waals surface area contributed by atoms with Crippen molar-refractivity contribution >= 4 is 29.3 Å². The van der Waals surface area contributed by atoms with E-state index in [1.165, 1.54) is 0 Å². The van der Waals surface area contributed by atoms with Crippen molar-refractivity contribution in [3.8, 4) is 0 Å². The topological polar surface area (TPSA) is 81.8 Å². The average molecular weight is 279 g/mol. The Kier molecular flexibility index (Phi) is 3.02. The third kappa shape index (κ3) is 2.02. The van der Waals surface area contributed by atoms with Gasteiger partial charge in [-0.2, -0.15) is 0 Å². The van der Waals surface area contributed by atoms with Gasteiger partial charge in [0.05, 0.1) is 12.4 Å². The smallest absolute Gasteiger partial charge is 0.200 e. The number of H-pyrrole nitrogens is 1. The monoisotopic (exact) mass is 279 g/mol. The van der Waals surface area contributed by atoms with Gasteiger partial charge < -0.3 is 15.5 Å². The lowest BCUT2D eigenvalue weighted by molar-refractivity contribution is -0.00303. The predicted octanol–water partition coefficient (Wildman–Crippen LogP) is 2.40. The maximum atomic E-state index is 6.06. The van der Waals surface area contributed by atoms with Crippen LogP contribution in [0.5, 0.6) is 0 Å². The lowest BCUT2D eigenvalue weighted by Crippen LogP contribution is -2.12. The summed E-state index contributed by atoms with van der Waals surface area (Å²) in [6, 6.07) is 0. The zero-order chi connectivity index (χ0) is 13.6. The van der Waals surface area contributed by atoms with Gasteiger partial charge in [0.15, 0.2) is 10.6 Å². The standard InChI is InChI=1S/C12H17N5OS/c1-3-7-6(2)4-8(18-7)17-5-14-9-10(17)15-12(13)16-11(9)19/h5-8H,3-4H2,1-2H3,(H3,13,15,16,19)/t6-,7+,8+/m0/s1. The van der Waals surface area contributed by atoms with Gasteiger partial charge in [0.1, 0.15) is 17.4 Å². The number of nitrogens with zero attached hydrogens (tertiary/aromatic N) is 3. The van der Waals surface area contributed by atoms with Crippen LogP contribution >= 0.6 is 12.2 Å². The molecule has 0 saturated carbocycles. The van der Waals surface area contributed by atoms with E-state index in [-0.39, 0.29) is 6.23 Å². The second kappa shape index (κ2) is 4.57. The number of imidazole rings is 1. The minimum atomic E-state index is -0.0163. The van der Waals surface area contributed by atoms with Crippen molar-refractivity contribution in [3.05, 3.63) is 11.0 Å². The Morgan fingerprint density at radius 1 is 1.63 bits per heavy atom. The Labute approximate surface area is 116 Å². The molecular formula is C12H17N5OS. The summed E-state index contributed by atoms with van der Waals surface area (Å²) in [5.74, 6) is 0.840. The van der Waals surface area contributed by atoms with Gasteiger partial charge in [-0.1, -0.05) is 26.1 Å². The van der Waals surface area contributed by atoms with Crippen LogP contribution in [-0.4, -0.2) is 25.6 Å². The van der Waals surface area contributed by atoms with Crippen LogP contribution in [0.2, 0.25) is 0 Å². The second-order valence-electron chi connectivity index (χ2n) is 5.03. The van der Waals surface area contributed by atoms with E-state index in [2.05, 4.69) is 28.8 Å². The predicted molar refractivity (Wildman–Crippen MR) is 75.1 cm³/mol. The molecule has 1 aliphatic rings. The van der Waals surface area contributed by atoms with Gasteiger partial charge in [0.25, 0.3) is 0 Å². The quantitative estimate of drug-likeness (QED) is 0.825. The van der Waals surface area contributed by atoms with E-state index >= 15 is 0 Å². The Hall–Kier alpha value is -1.47. The number of aromatic nitrogens is 4. The van der Waals surface area contributed by atoms with Crippen LogP contribution in [-0.2, 0) is 4.74 Å². The van der Waals surface area contributed by atoms with Crippen molar-refractivity contribution in [2.24, 2.45) is 5.92 Å². The van der Waals surface area contributed by atoms with Crippen molar-refractivity contribution in [2.45, 2.75) is 39.0 Å². The Bertz CT molecular complexity index is 664. The maximum Gasteiger partial charge on any atom is 0.200 e. The second-order valence-corrected chi connectivity index (χ2v) is 5.41. The van der Waals surface area contributed by atoms with E-state index in [1.54, 1.807) is 6.33 Å². The van der Waals surface area contributed by atoms with Crippen LogP contribution in [0, 0.1) is 10.6 Å². The van der Waals surface area contributed by atoms with E-state index in [0.717, 1.165) is 18.5 Å². The number of aromatic amines is 1. The summed E-state index contributed by atoms with van der Waals surface area (Å²) in [4.78, 5) is 11.3. The van der Waals surface area contributed by atoms with E-state index in [0.29, 0.717) is 28.1 Å². The number of nitrogens with one attached hydrogen (secondary N) is 1. The van der Waals surface area contributed by atoms with Gasteiger partial charge in [-0.3, -0.25) is 4.57 Å². The molecule has 7 heteroatoms. The van der Waals surface area contributed by atoms with E-state index in [1.807, 2.05) is 4.57 Å². The molecule has 1 fully saturated rings. The molecule has 1 saturated heterocycles. The molecule has 3 heterocycles. The SMILES string of the molecule is CC[C@H]1O[C@@H](n2cnc3c(=S)nc(N)[nH]c32)C[C@@H]1C. The first-order chi connectivity index (χ1) is 9.10. The molecule has 0 unspecified atom stereocenters. The Morgan fingerprint density at radius 2 is 2.42 bits per heavy atom. The van der Waals surface area contributed by atoms with Crippen LogP contribution in [0.4, 0.5) is 5.95 Å². The fourth-order valence-electron chi connectivity index (χ4n) is 2.71. The van der Waals surface area contributed by atoms with Gasteiger partial charge in [0, 0.05) is 0 Å². The normalized spacial score (nSPS) is 27.2. The minimum absolute atomic E-state index is 0.0163. The first-order valence-corrected chi connectivity index (χ1v) is 6.88. The van der Waals surface area contributed by atoms with E-state index < -0.39 is 0 Å². The molecule has 0 radical (unpaired) electrons. The molecule has 0 aliphatic carbocycles. The molecule has 2 aromatic heterocycles. The van der Waals surface area contributed by atoms with Crippen molar-refractivity contribution in [3.63, 3.8) is 0 Å². The van der Waals surface area contributed by atoms with E-state index in [4.69, 9.17) is 22.7 Å². The third-order valence-corrected chi connectivity index (χ3v) is 4.00. The Morgan fingerprint density at radius 3 is 3.11 bits per heavy atom. The fourth-order valence-corrected chi connectivity index (χ4v) is 2.96. The molecular weight excluding hydrogens is 262 g/mol. The van der Waals surface area contributed by atoms with Gasteiger partial charge in [0.2, 0.25) is 0 Å². The number of fused-ring (bicyclic) bond motifs is 1. The number of anilines is 1. The largest absolute Gasteiger partial charge is 0.369 e. The highest BCUT2D eigenvalue weighted by atomic mass is 32.1. The minimum Gasteiger partial charge on any atom is -0.369 e. The molecule has 19 heavy (non-hydrogen) atoms. The maximum absolute atomic E-state index is 6.06. The molecule has 3 rings (SSSR count). The number of rotatable bonds is 2. The summed E-state index contributed by atoms with van der Waals surface area (Å²) >= 11 is 5.17. The molecule has 3 N–H and O–H groups in total.